The minimum atomic E-state index is -0.568. The molecule has 15 heavy (non-hydrogen) atoms. The number of hydrogen-bond donors (Lipinski definition) is 1. The zero-order valence-corrected chi connectivity index (χ0v) is 9.36. The molecular weight excluding hydrogens is 188 g/mol. The summed E-state index contributed by atoms with van der Waals surface area (Å²) in [6.45, 7) is 4.56. The van der Waals surface area contributed by atoms with Crippen LogP contribution in [0.5, 0.6) is 5.75 Å². The summed E-state index contributed by atoms with van der Waals surface area (Å²) in [6.07, 6.45) is 1.91. The Bertz CT molecular complexity index is 332. The first-order valence-electron chi connectivity index (χ1n) is 5.44. The van der Waals surface area contributed by atoms with E-state index in [9.17, 15) is 5.11 Å². The summed E-state index contributed by atoms with van der Waals surface area (Å²) in [7, 11) is 0. The Balaban J connectivity index is 1.94. The van der Waals surface area contributed by atoms with Crippen molar-refractivity contribution in [2.75, 3.05) is 6.61 Å². The number of hydrogen-bond acceptors (Lipinski definition) is 2. The monoisotopic (exact) mass is 206 g/mol. The molecule has 0 aliphatic heterocycles. The predicted molar refractivity (Wildman–Crippen MR) is 59.9 cm³/mol. The molecule has 2 nitrogen and oxygen atoms in total. The Kier molecular flexibility index (Phi) is 2.47. The average Bonchev–Trinajstić information content (AvgIpc) is 2.26. The first-order valence-corrected chi connectivity index (χ1v) is 5.44. The fourth-order valence-corrected chi connectivity index (χ4v) is 1.90. The standard InChI is InChI=1S/C13H18O2/c1-12(8-9-13(12,2)14)10-15-11-6-4-3-5-7-11/h3-7,14H,8-10H2,1-2H3/t12-,13-/m0/s1. The van der Waals surface area contributed by atoms with Crippen molar-refractivity contribution in [1.82, 2.24) is 0 Å². The third-order valence-electron chi connectivity index (χ3n) is 3.76. The minimum Gasteiger partial charge on any atom is -0.493 e. The van der Waals surface area contributed by atoms with Gasteiger partial charge in [-0.25, -0.2) is 0 Å². The van der Waals surface area contributed by atoms with Crippen LogP contribution < -0.4 is 4.74 Å². The van der Waals surface area contributed by atoms with Gasteiger partial charge in [0, 0.05) is 5.41 Å². The van der Waals surface area contributed by atoms with E-state index in [-0.39, 0.29) is 5.41 Å². The molecule has 0 radical (unpaired) electrons. The van der Waals surface area contributed by atoms with Gasteiger partial charge in [0.05, 0.1) is 12.2 Å². The Labute approximate surface area is 90.9 Å². The molecule has 0 amide bonds. The normalized spacial score (nSPS) is 34.6. The van der Waals surface area contributed by atoms with E-state index < -0.39 is 5.60 Å². The third-order valence-corrected chi connectivity index (χ3v) is 3.76. The molecule has 0 aromatic heterocycles. The van der Waals surface area contributed by atoms with Gasteiger partial charge >= 0.3 is 0 Å². The van der Waals surface area contributed by atoms with Crippen molar-refractivity contribution in [1.29, 1.82) is 0 Å². The minimum absolute atomic E-state index is 0.0944. The highest BCUT2D eigenvalue weighted by molar-refractivity contribution is 5.21. The first-order chi connectivity index (χ1) is 7.04. The Morgan fingerprint density at radius 2 is 1.87 bits per heavy atom. The van der Waals surface area contributed by atoms with E-state index in [1.54, 1.807) is 0 Å². The molecule has 1 fully saturated rings. The quantitative estimate of drug-likeness (QED) is 0.823. The maximum absolute atomic E-state index is 10.0. The zero-order chi connectivity index (χ0) is 10.9. The van der Waals surface area contributed by atoms with E-state index in [1.165, 1.54) is 0 Å². The van der Waals surface area contributed by atoms with Crippen LogP contribution in [0.15, 0.2) is 30.3 Å². The number of ether oxygens (including phenoxy) is 1. The SMILES string of the molecule is C[C@@]1(COc2ccccc2)CC[C@]1(C)O. The molecule has 0 saturated heterocycles. The fourth-order valence-electron chi connectivity index (χ4n) is 1.90. The Hall–Kier alpha value is -1.02. The summed E-state index contributed by atoms with van der Waals surface area (Å²) in [5.74, 6) is 0.876. The van der Waals surface area contributed by atoms with Crippen molar-refractivity contribution in [2.45, 2.75) is 32.3 Å². The molecule has 82 valence electrons. The summed E-state index contributed by atoms with van der Waals surface area (Å²) in [5, 5.41) is 10.0. The molecule has 2 heteroatoms. The van der Waals surface area contributed by atoms with Gasteiger partial charge < -0.3 is 9.84 Å². The van der Waals surface area contributed by atoms with Crippen LogP contribution in [0.4, 0.5) is 0 Å². The molecule has 1 aliphatic rings. The van der Waals surface area contributed by atoms with E-state index in [2.05, 4.69) is 6.92 Å². The number of rotatable bonds is 3. The van der Waals surface area contributed by atoms with Gasteiger partial charge in [-0.2, -0.15) is 0 Å². The van der Waals surface area contributed by atoms with Crippen LogP contribution in [0, 0.1) is 5.41 Å². The van der Waals surface area contributed by atoms with Gasteiger partial charge in [-0.1, -0.05) is 25.1 Å². The van der Waals surface area contributed by atoms with Crippen molar-refractivity contribution in [3.63, 3.8) is 0 Å². The Morgan fingerprint density at radius 3 is 2.33 bits per heavy atom. The van der Waals surface area contributed by atoms with Crippen LogP contribution in [-0.4, -0.2) is 17.3 Å². The lowest BCUT2D eigenvalue weighted by Crippen LogP contribution is -2.56. The van der Waals surface area contributed by atoms with E-state index >= 15 is 0 Å². The molecular formula is C13H18O2. The lowest BCUT2D eigenvalue weighted by atomic mass is 9.59. The van der Waals surface area contributed by atoms with Crippen molar-refractivity contribution < 1.29 is 9.84 Å². The first kappa shape index (κ1) is 10.5. The van der Waals surface area contributed by atoms with E-state index in [0.29, 0.717) is 6.61 Å². The largest absolute Gasteiger partial charge is 0.493 e. The summed E-state index contributed by atoms with van der Waals surface area (Å²) in [5.41, 5.74) is -0.662. The van der Waals surface area contributed by atoms with Gasteiger partial charge in [0.15, 0.2) is 0 Å². The smallest absolute Gasteiger partial charge is 0.119 e. The molecule has 2 atom stereocenters. The maximum atomic E-state index is 10.0. The molecule has 1 N–H and O–H groups in total. The topological polar surface area (TPSA) is 29.5 Å². The Morgan fingerprint density at radius 1 is 1.20 bits per heavy atom. The maximum Gasteiger partial charge on any atom is 0.119 e. The van der Waals surface area contributed by atoms with Crippen LogP contribution in [0.2, 0.25) is 0 Å². The number of aliphatic hydroxyl groups is 1. The zero-order valence-electron chi connectivity index (χ0n) is 9.36. The van der Waals surface area contributed by atoms with Gasteiger partial charge in [0.2, 0.25) is 0 Å². The molecule has 0 spiro atoms. The molecule has 1 aliphatic carbocycles. The van der Waals surface area contributed by atoms with Gasteiger partial charge in [-0.3, -0.25) is 0 Å². The molecule has 0 heterocycles. The highest BCUT2D eigenvalue weighted by Crippen LogP contribution is 2.49. The average molecular weight is 206 g/mol. The van der Waals surface area contributed by atoms with Gasteiger partial charge in [-0.05, 0) is 31.9 Å². The van der Waals surface area contributed by atoms with Gasteiger partial charge in [-0.15, -0.1) is 0 Å². The second kappa shape index (κ2) is 3.53. The second-order valence-electron chi connectivity index (χ2n) is 4.94. The summed E-state index contributed by atoms with van der Waals surface area (Å²) >= 11 is 0. The number of para-hydroxylation sites is 1. The van der Waals surface area contributed by atoms with Gasteiger partial charge in [0.25, 0.3) is 0 Å². The number of benzene rings is 1. The highest BCUT2D eigenvalue weighted by atomic mass is 16.5. The van der Waals surface area contributed by atoms with E-state index in [1.807, 2.05) is 37.3 Å². The van der Waals surface area contributed by atoms with Crippen molar-refractivity contribution in [2.24, 2.45) is 5.41 Å². The van der Waals surface area contributed by atoms with Crippen LogP contribution in [-0.2, 0) is 0 Å². The second-order valence-corrected chi connectivity index (χ2v) is 4.94. The fraction of sp³-hybridized carbons (Fsp3) is 0.538. The van der Waals surface area contributed by atoms with Crippen molar-refractivity contribution in [3.05, 3.63) is 30.3 Å². The summed E-state index contributed by atoms with van der Waals surface area (Å²) in [6, 6.07) is 9.76. The highest BCUT2D eigenvalue weighted by Gasteiger charge is 2.52. The van der Waals surface area contributed by atoms with Crippen molar-refractivity contribution in [3.8, 4) is 5.75 Å². The molecule has 0 bridgehead atoms. The van der Waals surface area contributed by atoms with E-state index in [0.717, 1.165) is 18.6 Å². The van der Waals surface area contributed by atoms with E-state index in [4.69, 9.17) is 4.74 Å². The molecule has 0 unspecified atom stereocenters. The molecule has 1 aromatic rings. The molecule has 2 rings (SSSR count). The predicted octanol–water partition coefficient (Wildman–Crippen LogP) is 2.62. The lowest BCUT2D eigenvalue weighted by Gasteiger charge is -2.52. The van der Waals surface area contributed by atoms with Crippen LogP contribution in [0.25, 0.3) is 0 Å². The summed E-state index contributed by atoms with van der Waals surface area (Å²) < 4.78 is 5.69. The van der Waals surface area contributed by atoms with Crippen LogP contribution in [0.1, 0.15) is 26.7 Å². The lowest BCUT2D eigenvalue weighted by molar-refractivity contribution is -0.159. The molecule has 1 saturated carbocycles. The third kappa shape index (κ3) is 1.86. The van der Waals surface area contributed by atoms with Gasteiger partial charge in [0.1, 0.15) is 5.75 Å². The van der Waals surface area contributed by atoms with Crippen LogP contribution in [0.3, 0.4) is 0 Å². The van der Waals surface area contributed by atoms with Crippen molar-refractivity contribution >= 4 is 0 Å². The van der Waals surface area contributed by atoms with Crippen LogP contribution >= 0.6 is 0 Å². The molecule has 1 aromatic carbocycles. The summed E-state index contributed by atoms with van der Waals surface area (Å²) in [4.78, 5) is 0.